The third-order valence-electron chi connectivity index (χ3n) is 6.20. The van der Waals surface area contributed by atoms with Gasteiger partial charge in [0.1, 0.15) is 6.04 Å². The first-order valence-electron chi connectivity index (χ1n) is 11.7. The van der Waals surface area contributed by atoms with Gasteiger partial charge in [-0.25, -0.2) is 0 Å². The van der Waals surface area contributed by atoms with E-state index in [0.29, 0.717) is 18.7 Å². The van der Waals surface area contributed by atoms with E-state index in [1.54, 1.807) is 4.90 Å². The van der Waals surface area contributed by atoms with E-state index in [0.717, 1.165) is 40.0 Å². The summed E-state index contributed by atoms with van der Waals surface area (Å²) in [6.07, 6.45) is 5.59. The minimum absolute atomic E-state index is 0.0639. The zero-order valence-electron chi connectivity index (χ0n) is 19.5. The molecule has 0 radical (unpaired) electrons. The quantitative estimate of drug-likeness (QED) is 0.354. The molecule has 35 heavy (non-hydrogen) atoms. The van der Waals surface area contributed by atoms with Crippen molar-refractivity contribution in [3.05, 3.63) is 84.1 Å². The smallest absolute Gasteiger partial charge is 0.247 e. The molecule has 1 fully saturated rings. The zero-order valence-corrected chi connectivity index (χ0v) is 19.5. The zero-order chi connectivity index (χ0) is 24.2. The van der Waals surface area contributed by atoms with Gasteiger partial charge in [0, 0.05) is 35.9 Å². The summed E-state index contributed by atoms with van der Waals surface area (Å²) in [5.41, 5.74) is 5.37. The van der Waals surface area contributed by atoms with Crippen LogP contribution in [0.15, 0.2) is 72.8 Å². The molecule has 2 amide bonds. The van der Waals surface area contributed by atoms with E-state index in [-0.39, 0.29) is 11.8 Å². The Balaban J connectivity index is 1.28. The molecule has 0 spiro atoms. The average molecular weight is 466 g/mol. The van der Waals surface area contributed by atoms with Crippen molar-refractivity contribution >= 4 is 51.9 Å². The maximum Gasteiger partial charge on any atom is 0.247 e. The Hall–Kier alpha value is -4.39. The van der Waals surface area contributed by atoms with E-state index >= 15 is 0 Å². The number of hydrogen-bond acceptors (Lipinski definition) is 4. The number of H-pyrrole nitrogens is 1. The molecule has 0 saturated carbocycles. The Morgan fingerprint density at radius 2 is 1.77 bits per heavy atom. The molecule has 1 saturated heterocycles. The number of hydrogen-bond donors (Lipinski definition) is 3. The van der Waals surface area contributed by atoms with Crippen molar-refractivity contribution in [1.82, 2.24) is 15.1 Å². The molecule has 1 atom stereocenters. The highest BCUT2D eigenvalue weighted by Crippen LogP contribution is 2.26. The molecule has 1 aromatic heterocycles. The first kappa shape index (κ1) is 22.4. The predicted molar refractivity (Wildman–Crippen MR) is 140 cm³/mol. The lowest BCUT2D eigenvalue weighted by atomic mass is 10.1. The molecule has 0 aliphatic carbocycles. The Morgan fingerprint density at radius 1 is 0.971 bits per heavy atom. The van der Waals surface area contributed by atoms with Crippen LogP contribution in [0, 0.1) is 0 Å². The van der Waals surface area contributed by atoms with Crippen LogP contribution in [0.2, 0.25) is 0 Å². The second-order valence-electron chi connectivity index (χ2n) is 8.68. The van der Waals surface area contributed by atoms with E-state index in [1.165, 1.54) is 6.92 Å². The monoisotopic (exact) mass is 465 g/mol. The standard InChI is InChI=1S/C28H27N5O2/c1-19(34)33-16-6-11-27(33)28(35)30-22-10-5-9-21(17-22)29-23-13-14-24-25(31-32-26(24)18-23)15-12-20-7-3-2-4-8-20/h2-5,7-10,12-15,17-18,27,29H,6,11,16H2,1H3,(H,30,35)(H,31,32)/b15-12+. The van der Waals surface area contributed by atoms with Gasteiger partial charge in [0.05, 0.1) is 11.2 Å². The van der Waals surface area contributed by atoms with Gasteiger partial charge >= 0.3 is 0 Å². The Bertz CT molecular complexity index is 1390. The van der Waals surface area contributed by atoms with Crippen LogP contribution in [0.1, 0.15) is 31.0 Å². The number of amides is 2. The molecule has 0 bridgehead atoms. The van der Waals surface area contributed by atoms with Crippen LogP contribution in [0.25, 0.3) is 23.1 Å². The molecule has 3 N–H and O–H groups in total. The lowest BCUT2D eigenvalue weighted by molar-refractivity contribution is -0.134. The van der Waals surface area contributed by atoms with Crippen molar-refractivity contribution in [2.45, 2.75) is 25.8 Å². The number of nitrogens with zero attached hydrogens (tertiary/aromatic N) is 2. The number of nitrogens with one attached hydrogen (secondary N) is 3. The van der Waals surface area contributed by atoms with Crippen LogP contribution in [0.3, 0.4) is 0 Å². The summed E-state index contributed by atoms with van der Waals surface area (Å²) in [7, 11) is 0. The summed E-state index contributed by atoms with van der Waals surface area (Å²) >= 11 is 0. The van der Waals surface area contributed by atoms with Gasteiger partial charge in [-0.05, 0) is 60.9 Å². The number of aromatic nitrogens is 2. The van der Waals surface area contributed by atoms with Crippen LogP contribution >= 0.6 is 0 Å². The summed E-state index contributed by atoms with van der Waals surface area (Å²) in [4.78, 5) is 26.2. The van der Waals surface area contributed by atoms with Gasteiger partial charge in [0.2, 0.25) is 11.8 Å². The fourth-order valence-electron chi connectivity index (χ4n) is 4.47. The third kappa shape index (κ3) is 5.09. The molecule has 1 aliphatic rings. The first-order chi connectivity index (χ1) is 17.1. The molecule has 5 rings (SSSR count). The van der Waals surface area contributed by atoms with Crippen LogP contribution in [-0.4, -0.2) is 39.5 Å². The molecule has 1 aliphatic heterocycles. The SMILES string of the molecule is CC(=O)N1CCCC1C(=O)Nc1cccc(Nc2ccc3c(/C=C/c4ccccc4)n[nH]c3c2)c1. The lowest BCUT2D eigenvalue weighted by Crippen LogP contribution is -2.42. The van der Waals surface area contributed by atoms with Gasteiger partial charge in [-0.2, -0.15) is 5.10 Å². The molecule has 2 heterocycles. The topological polar surface area (TPSA) is 90.1 Å². The average Bonchev–Trinajstić information content (AvgIpc) is 3.51. The van der Waals surface area contributed by atoms with Crippen LogP contribution in [-0.2, 0) is 9.59 Å². The molecule has 4 aromatic rings. The van der Waals surface area contributed by atoms with Crippen LogP contribution in [0.5, 0.6) is 0 Å². The van der Waals surface area contributed by atoms with E-state index in [1.807, 2.05) is 72.8 Å². The summed E-state index contributed by atoms with van der Waals surface area (Å²) < 4.78 is 0. The Labute approximate surface area is 203 Å². The maximum atomic E-state index is 12.7. The second kappa shape index (κ2) is 9.85. The molecule has 7 nitrogen and oxygen atoms in total. The van der Waals surface area contributed by atoms with Crippen LogP contribution < -0.4 is 10.6 Å². The first-order valence-corrected chi connectivity index (χ1v) is 11.7. The fraction of sp³-hybridized carbons (Fsp3) is 0.179. The molecule has 7 heteroatoms. The van der Waals surface area contributed by atoms with E-state index < -0.39 is 6.04 Å². The van der Waals surface area contributed by atoms with Crippen molar-refractivity contribution in [2.75, 3.05) is 17.2 Å². The van der Waals surface area contributed by atoms with Gasteiger partial charge in [-0.15, -0.1) is 0 Å². The number of carbonyl (C=O) groups is 2. The van der Waals surface area contributed by atoms with Crippen molar-refractivity contribution in [3.8, 4) is 0 Å². The third-order valence-corrected chi connectivity index (χ3v) is 6.20. The fourth-order valence-corrected chi connectivity index (χ4v) is 4.47. The van der Waals surface area contributed by atoms with Gasteiger partial charge < -0.3 is 15.5 Å². The van der Waals surface area contributed by atoms with E-state index in [9.17, 15) is 9.59 Å². The van der Waals surface area contributed by atoms with Crippen molar-refractivity contribution < 1.29 is 9.59 Å². The van der Waals surface area contributed by atoms with Gasteiger partial charge in [-0.1, -0.05) is 42.5 Å². The molecule has 1 unspecified atom stereocenters. The van der Waals surface area contributed by atoms with Gasteiger partial charge in [0.25, 0.3) is 0 Å². The summed E-state index contributed by atoms with van der Waals surface area (Å²) in [5.74, 6) is -0.212. The van der Waals surface area contributed by atoms with Crippen molar-refractivity contribution in [1.29, 1.82) is 0 Å². The summed E-state index contributed by atoms with van der Waals surface area (Å²) in [5, 5.41) is 14.9. The van der Waals surface area contributed by atoms with E-state index in [2.05, 4.69) is 33.0 Å². The number of fused-ring (bicyclic) bond motifs is 1. The van der Waals surface area contributed by atoms with E-state index in [4.69, 9.17) is 0 Å². The van der Waals surface area contributed by atoms with Crippen LogP contribution in [0.4, 0.5) is 17.1 Å². The second-order valence-corrected chi connectivity index (χ2v) is 8.68. The highest BCUT2D eigenvalue weighted by Gasteiger charge is 2.32. The molecular weight excluding hydrogens is 438 g/mol. The van der Waals surface area contributed by atoms with Gasteiger partial charge in [-0.3, -0.25) is 14.7 Å². The lowest BCUT2D eigenvalue weighted by Gasteiger charge is -2.22. The minimum Gasteiger partial charge on any atom is -0.355 e. The number of rotatable bonds is 6. The predicted octanol–water partition coefficient (Wildman–Crippen LogP) is 5.43. The summed E-state index contributed by atoms with van der Waals surface area (Å²) in [6, 6.07) is 23.3. The highest BCUT2D eigenvalue weighted by atomic mass is 16.2. The number of carbonyl (C=O) groups excluding carboxylic acids is 2. The Kier molecular flexibility index (Phi) is 6.30. The maximum absolute atomic E-state index is 12.7. The number of likely N-dealkylation sites (tertiary alicyclic amines) is 1. The number of anilines is 3. The summed E-state index contributed by atoms with van der Waals surface area (Å²) in [6.45, 7) is 2.14. The largest absolute Gasteiger partial charge is 0.355 e. The number of aromatic amines is 1. The van der Waals surface area contributed by atoms with Crippen molar-refractivity contribution in [3.63, 3.8) is 0 Å². The molecular formula is C28H27N5O2. The molecule has 3 aromatic carbocycles. The highest BCUT2D eigenvalue weighted by molar-refractivity contribution is 5.98. The Morgan fingerprint density at radius 3 is 2.60 bits per heavy atom. The van der Waals surface area contributed by atoms with Gasteiger partial charge in [0.15, 0.2) is 0 Å². The normalized spacial score (nSPS) is 15.6. The number of benzene rings is 3. The van der Waals surface area contributed by atoms with Crippen molar-refractivity contribution in [2.24, 2.45) is 0 Å². The minimum atomic E-state index is -0.406. The molecule has 176 valence electrons.